The van der Waals surface area contributed by atoms with Crippen LogP contribution in [-0.2, 0) is 0 Å². The van der Waals surface area contributed by atoms with Crippen molar-refractivity contribution in [2.75, 3.05) is 36.0 Å². The van der Waals surface area contributed by atoms with Crippen LogP contribution in [0.2, 0.25) is 15.1 Å². The minimum absolute atomic E-state index is 0.624. The molecule has 0 atom stereocenters. The summed E-state index contributed by atoms with van der Waals surface area (Å²) < 4.78 is 0. The molecular weight excluding hydrogens is 379 g/mol. The van der Waals surface area contributed by atoms with Gasteiger partial charge >= 0.3 is 0 Å². The van der Waals surface area contributed by atoms with E-state index in [1.54, 1.807) is 6.07 Å². The summed E-state index contributed by atoms with van der Waals surface area (Å²) in [5.74, 6) is 0. The van der Waals surface area contributed by atoms with Crippen LogP contribution in [0.25, 0.3) is 10.9 Å². The highest BCUT2D eigenvalue weighted by Gasteiger charge is 2.20. The Labute approximate surface area is 160 Å². The lowest BCUT2D eigenvalue weighted by molar-refractivity contribution is 0.654. The molecule has 1 aliphatic rings. The van der Waals surface area contributed by atoms with E-state index in [0.29, 0.717) is 15.1 Å². The van der Waals surface area contributed by atoms with Crippen molar-refractivity contribution in [3.05, 3.63) is 57.7 Å². The number of hydrogen-bond acceptors (Lipinski definition) is 4. The van der Waals surface area contributed by atoms with E-state index in [1.165, 1.54) is 0 Å². The van der Waals surface area contributed by atoms with Gasteiger partial charge in [0.15, 0.2) is 0 Å². The number of aromatic nitrogens is 2. The Morgan fingerprint density at radius 1 is 0.840 bits per heavy atom. The number of halogens is 3. The highest BCUT2D eigenvalue weighted by atomic mass is 35.5. The topological polar surface area (TPSA) is 32.3 Å². The second-order valence-corrected chi connectivity index (χ2v) is 7.25. The summed E-state index contributed by atoms with van der Waals surface area (Å²) in [5.41, 5.74) is 2.86. The number of piperazine rings is 1. The van der Waals surface area contributed by atoms with Gasteiger partial charge in [0.1, 0.15) is 5.52 Å². The SMILES string of the molecule is Clc1cc(Cl)cc(N2CCN(c3cnnc4c(Cl)cccc34)CC2)c1. The van der Waals surface area contributed by atoms with E-state index < -0.39 is 0 Å². The van der Waals surface area contributed by atoms with Gasteiger partial charge < -0.3 is 9.80 Å². The first-order chi connectivity index (χ1) is 12.1. The van der Waals surface area contributed by atoms with Gasteiger partial charge in [0.25, 0.3) is 0 Å². The van der Waals surface area contributed by atoms with Crippen molar-refractivity contribution in [3.8, 4) is 0 Å². The molecule has 1 fully saturated rings. The molecule has 4 nitrogen and oxygen atoms in total. The number of nitrogens with zero attached hydrogens (tertiary/aromatic N) is 4. The van der Waals surface area contributed by atoms with Gasteiger partial charge in [0, 0.05) is 47.3 Å². The Hall–Kier alpha value is -1.75. The molecule has 4 rings (SSSR count). The third-order valence-corrected chi connectivity index (χ3v) is 5.17. The van der Waals surface area contributed by atoms with Crippen LogP contribution >= 0.6 is 34.8 Å². The smallest absolute Gasteiger partial charge is 0.114 e. The molecule has 1 saturated heterocycles. The van der Waals surface area contributed by atoms with Crippen LogP contribution < -0.4 is 9.80 Å². The summed E-state index contributed by atoms with van der Waals surface area (Å²) in [5, 5.41) is 11.3. The van der Waals surface area contributed by atoms with E-state index in [1.807, 2.05) is 36.5 Å². The summed E-state index contributed by atoms with van der Waals surface area (Å²) >= 11 is 18.5. The van der Waals surface area contributed by atoms with Gasteiger partial charge in [0.2, 0.25) is 0 Å². The van der Waals surface area contributed by atoms with Gasteiger partial charge in [-0.2, -0.15) is 5.10 Å². The van der Waals surface area contributed by atoms with E-state index in [4.69, 9.17) is 34.8 Å². The number of hydrogen-bond donors (Lipinski definition) is 0. The Kier molecular flexibility index (Phi) is 4.59. The minimum atomic E-state index is 0.624. The molecule has 25 heavy (non-hydrogen) atoms. The molecule has 0 unspecified atom stereocenters. The largest absolute Gasteiger partial charge is 0.368 e. The molecule has 7 heteroatoms. The van der Waals surface area contributed by atoms with Crippen LogP contribution in [0.1, 0.15) is 0 Å². The van der Waals surface area contributed by atoms with Gasteiger partial charge in [-0.05, 0) is 24.3 Å². The predicted octanol–water partition coefficient (Wildman–Crippen LogP) is 4.92. The van der Waals surface area contributed by atoms with Gasteiger partial charge in [-0.25, -0.2) is 0 Å². The maximum Gasteiger partial charge on any atom is 0.114 e. The quantitative estimate of drug-likeness (QED) is 0.619. The molecule has 0 radical (unpaired) electrons. The molecule has 0 saturated carbocycles. The van der Waals surface area contributed by atoms with E-state index in [-0.39, 0.29) is 0 Å². The summed E-state index contributed by atoms with van der Waals surface area (Å²) in [4.78, 5) is 4.61. The van der Waals surface area contributed by atoms with Crippen LogP contribution in [0.5, 0.6) is 0 Å². The standard InChI is InChI=1S/C18H15Cl3N4/c19-12-8-13(20)10-14(9-12)24-4-6-25(7-5-24)17-11-22-23-18-15(17)2-1-3-16(18)21/h1-3,8-11H,4-7H2. The van der Waals surface area contributed by atoms with Crippen molar-refractivity contribution < 1.29 is 0 Å². The summed E-state index contributed by atoms with van der Waals surface area (Å²) in [6.45, 7) is 3.50. The molecule has 0 N–H and O–H groups in total. The van der Waals surface area contributed by atoms with Crippen molar-refractivity contribution >= 4 is 57.1 Å². The number of fused-ring (bicyclic) bond motifs is 1. The third kappa shape index (κ3) is 3.34. The van der Waals surface area contributed by atoms with Crippen LogP contribution in [0.3, 0.4) is 0 Å². The Morgan fingerprint density at radius 2 is 1.52 bits per heavy atom. The molecule has 128 valence electrons. The summed E-state index contributed by atoms with van der Waals surface area (Å²) in [6, 6.07) is 11.5. The predicted molar refractivity (Wildman–Crippen MR) is 105 cm³/mol. The lowest BCUT2D eigenvalue weighted by atomic mass is 10.1. The summed E-state index contributed by atoms with van der Waals surface area (Å²) in [6.07, 6.45) is 1.81. The molecule has 0 aliphatic carbocycles. The van der Waals surface area contributed by atoms with Crippen molar-refractivity contribution in [2.45, 2.75) is 0 Å². The molecule has 3 aromatic rings. The molecule has 2 aromatic carbocycles. The lowest BCUT2D eigenvalue weighted by Crippen LogP contribution is -2.46. The minimum Gasteiger partial charge on any atom is -0.368 e. The van der Waals surface area contributed by atoms with E-state index >= 15 is 0 Å². The molecule has 0 spiro atoms. The fourth-order valence-electron chi connectivity index (χ4n) is 3.21. The number of rotatable bonds is 2. The first kappa shape index (κ1) is 16.7. The number of benzene rings is 2. The van der Waals surface area contributed by atoms with Crippen LogP contribution in [-0.4, -0.2) is 36.4 Å². The van der Waals surface area contributed by atoms with E-state index in [9.17, 15) is 0 Å². The maximum absolute atomic E-state index is 6.25. The molecule has 2 heterocycles. The van der Waals surface area contributed by atoms with Gasteiger partial charge in [0.05, 0.1) is 16.9 Å². The van der Waals surface area contributed by atoms with Crippen LogP contribution in [0, 0.1) is 0 Å². The van der Waals surface area contributed by atoms with Gasteiger partial charge in [-0.1, -0.05) is 46.9 Å². The average Bonchev–Trinajstić information content (AvgIpc) is 2.61. The zero-order valence-corrected chi connectivity index (χ0v) is 15.6. The fourth-order valence-corrected chi connectivity index (χ4v) is 3.94. The monoisotopic (exact) mass is 392 g/mol. The average molecular weight is 394 g/mol. The second kappa shape index (κ2) is 6.87. The maximum atomic E-state index is 6.25. The third-order valence-electron chi connectivity index (χ3n) is 4.43. The van der Waals surface area contributed by atoms with Gasteiger partial charge in [-0.15, -0.1) is 5.10 Å². The van der Waals surface area contributed by atoms with Crippen LogP contribution in [0.15, 0.2) is 42.6 Å². The first-order valence-electron chi connectivity index (χ1n) is 7.98. The number of anilines is 2. The van der Waals surface area contributed by atoms with Crippen molar-refractivity contribution in [1.82, 2.24) is 10.2 Å². The lowest BCUT2D eigenvalue weighted by Gasteiger charge is -2.37. The molecule has 1 aliphatic heterocycles. The highest BCUT2D eigenvalue weighted by molar-refractivity contribution is 6.35. The Balaban J connectivity index is 1.57. The zero-order valence-electron chi connectivity index (χ0n) is 13.3. The molecule has 1 aromatic heterocycles. The Bertz CT molecular complexity index is 903. The van der Waals surface area contributed by atoms with Gasteiger partial charge in [-0.3, -0.25) is 0 Å². The van der Waals surface area contributed by atoms with E-state index in [2.05, 4.69) is 20.0 Å². The van der Waals surface area contributed by atoms with Crippen LogP contribution in [0.4, 0.5) is 11.4 Å². The van der Waals surface area contributed by atoms with Crippen molar-refractivity contribution in [2.24, 2.45) is 0 Å². The Morgan fingerprint density at radius 3 is 2.24 bits per heavy atom. The summed E-state index contributed by atoms with van der Waals surface area (Å²) in [7, 11) is 0. The second-order valence-electron chi connectivity index (χ2n) is 5.97. The van der Waals surface area contributed by atoms with Crippen molar-refractivity contribution in [3.63, 3.8) is 0 Å². The molecule has 0 amide bonds. The normalized spacial score (nSPS) is 15.0. The fraction of sp³-hybridized carbons (Fsp3) is 0.222. The van der Waals surface area contributed by atoms with Crippen molar-refractivity contribution in [1.29, 1.82) is 0 Å². The molecular formula is C18H15Cl3N4. The first-order valence-corrected chi connectivity index (χ1v) is 9.11. The zero-order chi connectivity index (χ0) is 17.4. The van der Waals surface area contributed by atoms with E-state index in [0.717, 1.165) is 48.5 Å². The molecule has 0 bridgehead atoms. The highest BCUT2D eigenvalue weighted by Crippen LogP contribution is 2.31.